The van der Waals surface area contributed by atoms with Crippen LogP contribution in [-0.2, 0) is 13.2 Å². The molecule has 0 amide bonds. The van der Waals surface area contributed by atoms with E-state index in [1.54, 1.807) is 0 Å². The number of rotatable bonds is 18. The molecule has 1 N–H and O–H groups in total. The van der Waals surface area contributed by atoms with Crippen molar-refractivity contribution in [1.82, 2.24) is 0 Å². The maximum absolute atomic E-state index is 9.32. The number of hydrogen-bond donors (Lipinski definition) is 1. The number of aryl methyl sites for hydroxylation is 1. The highest BCUT2D eigenvalue weighted by atomic mass is 16.3. The molecule has 0 spiro atoms. The maximum Gasteiger partial charge on any atom is 0.212 e. The molecule has 2 nitrogen and oxygen atoms in total. The normalized spacial score (nSPS) is 11.4. The van der Waals surface area contributed by atoms with E-state index in [-0.39, 0.29) is 6.61 Å². The van der Waals surface area contributed by atoms with Crippen LogP contribution in [-0.4, -0.2) is 5.11 Å². The third kappa shape index (κ3) is 10.1. The Morgan fingerprint density at radius 3 is 1.73 bits per heavy atom. The number of aliphatic hydroxyl groups is 1. The maximum atomic E-state index is 9.32. The second kappa shape index (κ2) is 16.3. The van der Waals surface area contributed by atoms with Crippen LogP contribution in [0.15, 0.2) is 36.5 Å². The van der Waals surface area contributed by atoms with Gasteiger partial charge in [0.05, 0.1) is 6.61 Å². The van der Waals surface area contributed by atoms with Gasteiger partial charge in [0, 0.05) is 23.9 Å². The third-order valence-corrected chi connectivity index (χ3v) is 6.38. The van der Waals surface area contributed by atoms with E-state index < -0.39 is 0 Å². The molecule has 168 valence electrons. The lowest BCUT2D eigenvalue weighted by atomic mass is 10.0. The second-order valence-corrected chi connectivity index (χ2v) is 9.06. The number of nitrogens with zero attached hydrogens (tertiary/aromatic N) is 1. The quantitative estimate of drug-likeness (QED) is 0.195. The van der Waals surface area contributed by atoms with E-state index in [4.69, 9.17) is 0 Å². The molecule has 0 saturated heterocycles. The van der Waals surface area contributed by atoms with Crippen molar-refractivity contribution in [1.29, 1.82) is 0 Å². The van der Waals surface area contributed by atoms with Crippen LogP contribution < -0.4 is 4.57 Å². The first-order valence-corrected chi connectivity index (χ1v) is 12.9. The summed E-state index contributed by atoms with van der Waals surface area (Å²) in [6.07, 6.45) is 24.8. The fourth-order valence-electron chi connectivity index (χ4n) is 4.45. The van der Waals surface area contributed by atoms with Crippen LogP contribution in [0.2, 0.25) is 0 Å². The van der Waals surface area contributed by atoms with Gasteiger partial charge in [-0.25, -0.2) is 0 Å². The number of aliphatic hydroxyl groups excluding tert-OH is 1. The average molecular weight is 413 g/mol. The molecule has 1 heterocycles. The first-order valence-electron chi connectivity index (χ1n) is 12.9. The number of hydrogen-bond acceptors (Lipinski definition) is 1. The minimum absolute atomic E-state index is 0.115. The van der Waals surface area contributed by atoms with Crippen LogP contribution in [0.1, 0.15) is 115 Å². The molecular weight excluding hydrogens is 366 g/mol. The van der Waals surface area contributed by atoms with E-state index in [0.717, 1.165) is 12.1 Å². The summed E-state index contributed by atoms with van der Waals surface area (Å²) in [5.41, 5.74) is 2.26. The van der Waals surface area contributed by atoms with Gasteiger partial charge in [-0.1, -0.05) is 103 Å². The van der Waals surface area contributed by atoms with Crippen molar-refractivity contribution in [2.45, 2.75) is 123 Å². The van der Waals surface area contributed by atoms with Crippen molar-refractivity contribution < 1.29 is 9.67 Å². The molecular formula is C28H46NO+. The topological polar surface area (TPSA) is 24.1 Å². The van der Waals surface area contributed by atoms with Gasteiger partial charge in [-0.3, -0.25) is 0 Å². The van der Waals surface area contributed by atoms with Crippen molar-refractivity contribution >= 4 is 10.9 Å². The first-order chi connectivity index (χ1) is 14.8. The highest BCUT2D eigenvalue weighted by Gasteiger charge is 2.08. The van der Waals surface area contributed by atoms with Gasteiger partial charge in [0.2, 0.25) is 5.52 Å². The molecule has 30 heavy (non-hydrogen) atoms. The smallest absolute Gasteiger partial charge is 0.212 e. The summed E-state index contributed by atoms with van der Waals surface area (Å²) in [4.78, 5) is 0. The molecule has 0 saturated carbocycles. The molecule has 0 radical (unpaired) electrons. The summed E-state index contributed by atoms with van der Waals surface area (Å²) in [5, 5.41) is 10.5. The molecule has 0 unspecified atom stereocenters. The summed E-state index contributed by atoms with van der Waals surface area (Å²) >= 11 is 0. The van der Waals surface area contributed by atoms with Gasteiger partial charge in [-0.05, 0) is 24.1 Å². The van der Waals surface area contributed by atoms with Crippen molar-refractivity contribution in [2.24, 2.45) is 0 Å². The van der Waals surface area contributed by atoms with E-state index in [9.17, 15) is 5.11 Å². The van der Waals surface area contributed by atoms with Gasteiger partial charge in [0.15, 0.2) is 6.20 Å². The standard InChI is InChI=1S/C28H46NO/c1-2-3-4-5-6-7-8-9-10-11-12-13-14-15-16-17-22-29-23-18-19-27-24-26(25-30)20-21-28(27)29/h18-21,23-24,30H,2-17,22,25H2,1H3/q+1. The summed E-state index contributed by atoms with van der Waals surface area (Å²) < 4.78 is 2.36. The zero-order valence-corrected chi connectivity index (χ0v) is 19.6. The molecule has 0 bridgehead atoms. The van der Waals surface area contributed by atoms with Gasteiger partial charge in [0.25, 0.3) is 0 Å². The highest BCUT2D eigenvalue weighted by Crippen LogP contribution is 2.15. The van der Waals surface area contributed by atoms with Crippen LogP contribution in [0.25, 0.3) is 10.9 Å². The molecule has 0 aliphatic heterocycles. The Balaban J connectivity index is 1.43. The largest absolute Gasteiger partial charge is 0.392 e. The van der Waals surface area contributed by atoms with Crippen LogP contribution in [0.4, 0.5) is 0 Å². The van der Waals surface area contributed by atoms with Crippen LogP contribution >= 0.6 is 0 Å². The fourth-order valence-corrected chi connectivity index (χ4v) is 4.45. The van der Waals surface area contributed by atoms with E-state index in [1.165, 1.54) is 114 Å². The molecule has 0 fully saturated rings. The predicted octanol–water partition coefficient (Wildman–Crippen LogP) is 7.88. The predicted molar refractivity (Wildman–Crippen MR) is 130 cm³/mol. The third-order valence-electron chi connectivity index (χ3n) is 6.38. The van der Waals surface area contributed by atoms with Gasteiger partial charge < -0.3 is 5.11 Å². The molecule has 1 aromatic carbocycles. The number of benzene rings is 1. The van der Waals surface area contributed by atoms with Crippen LogP contribution in [0.5, 0.6) is 0 Å². The molecule has 2 rings (SSSR count). The molecule has 2 heteroatoms. The number of aromatic nitrogens is 1. The molecule has 1 aromatic heterocycles. The van der Waals surface area contributed by atoms with Crippen molar-refractivity contribution in [3.63, 3.8) is 0 Å². The van der Waals surface area contributed by atoms with E-state index in [0.29, 0.717) is 0 Å². The number of pyridine rings is 1. The lowest BCUT2D eigenvalue weighted by molar-refractivity contribution is -0.671. The van der Waals surface area contributed by atoms with Gasteiger partial charge in [-0.2, -0.15) is 4.57 Å². The van der Waals surface area contributed by atoms with Gasteiger partial charge >= 0.3 is 0 Å². The Kier molecular flexibility index (Phi) is 13.5. The average Bonchev–Trinajstić information content (AvgIpc) is 2.78. The Bertz CT molecular complexity index is 681. The monoisotopic (exact) mass is 412 g/mol. The Hall–Kier alpha value is -1.41. The fraction of sp³-hybridized carbons (Fsp3) is 0.679. The van der Waals surface area contributed by atoms with E-state index >= 15 is 0 Å². The van der Waals surface area contributed by atoms with Gasteiger partial charge in [0.1, 0.15) is 6.54 Å². The number of fused-ring (bicyclic) bond motifs is 1. The van der Waals surface area contributed by atoms with E-state index in [2.05, 4.69) is 42.0 Å². The van der Waals surface area contributed by atoms with Crippen molar-refractivity contribution in [3.8, 4) is 0 Å². The lowest BCUT2D eigenvalue weighted by Crippen LogP contribution is -2.33. The second-order valence-electron chi connectivity index (χ2n) is 9.06. The number of unbranched alkanes of at least 4 members (excludes halogenated alkanes) is 15. The Morgan fingerprint density at radius 2 is 1.20 bits per heavy atom. The minimum Gasteiger partial charge on any atom is -0.392 e. The van der Waals surface area contributed by atoms with Crippen LogP contribution in [0.3, 0.4) is 0 Å². The van der Waals surface area contributed by atoms with Gasteiger partial charge in [-0.15, -0.1) is 0 Å². The van der Waals surface area contributed by atoms with Crippen molar-refractivity contribution in [3.05, 3.63) is 42.1 Å². The first kappa shape index (κ1) is 24.9. The lowest BCUT2D eigenvalue weighted by Gasteiger charge is -2.04. The Labute approximate surface area is 185 Å². The summed E-state index contributed by atoms with van der Waals surface area (Å²) in [6.45, 7) is 3.50. The summed E-state index contributed by atoms with van der Waals surface area (Å²) in [7, 11) is 0. The molecule has 2 aromatic rings. The van der Waals surface area contributed by atoms with E-state index in [1.807, 2.05) is 6.07 Å². The Morgan fingerprint density at radius 1 is 0.667 bits per heavy atom. The molecule has 0 atom stereocenters. The SMILES string of the molecule is CCCCCCCCCCCCCCCCCC[n+]1cccc2cc(CO)ccc21. The highest BCUT2D eigenvalue weighted by molar-refractivity contribution is 5.76. The zero-order chi connectivity index (χ0) is 21.3. The minimum atomic E-state index is 0.115. The molecule has 0 aliphatic carbocycles. The molecule has 0 aliphatic rings. The summed E-state index contributed by atoms with van der Waals surface area (Å²) in [5.74, 6) is 0. The van der Waals surface area contributed by atoms with Crippen LogP contribution in [0, 0.1) is 0 Å². The van der Waals surface area contributed by atoms with Crippen molar-refractivity contribution in [2.75, 3.05) is 0 Å². The zero-order valence-electron chi connectivity index (χ0n) is 19.6. The summed E-state index contributed by atoms with van der Waals surface area (Å²) in [6, 6.07) is 10.5.